The lowest BCUT2D eigenvalue weighted by Gasteiger charge is -2.10. The van der Waals surface area contributed by atoms with E-state index in [0.29, 0.717) is 16.7 Å². The average molecular weight is 278 g/mol. The highest BCUT2D eigenvalue weighted by Crippen LogP contribution is 2.25. The van der Waals surface area contributed by atoms with Gasteiger partial charge in [-0.15, -0.1) is 0 Å². The molecule has 0 aliphatic carbocycles. The molecule has 0 atom stereocenters. The first-order valence-electron chi connectivity index (χ1n) is 6.87. The van der Waals surface area contributed by atoms with Crippen LogP contribution in [0.1, 0.15) is 27.0 Å². The number of ketones is 1. The molecule has 1 nitrogen and oxygen atoms in total. The molecule has 0 aliphatic heterocycles. The van der Waals surface area contributed by atoms with Crippen LogP contribution in [0.3, 0.4) is 0 Å². The van der Waals surface area contributed by atoms with Gasteiger partial charge in [-0.3, -0.25) is 4.79 Å². The number of halogens is 1. The van der Waals surface area contributed by atoms with Crippen molar-refractivity contribution in [2.75, 3.05) is 0 Å². The van der Waals surface area contributed by atoms with Gasteiger partial charge in [-0.25, -0.2) is 4.39 Å². The number of carbonyl (C=O) groups excluding carboxylic acids is 1. The molecule has 0 heterocycles. The maximum atomic E-state index is 13.7. The van der Waals surface area contributed by atoms with Crippen LogP contribution in [-0.2, 0) is 0 Å². The molecule has 0 N–H and O–H groups in total. The average Bonchev–Trinajstić information content (AvgIpc) is 2.49. The minimum atomic E-state index is -0.348. The first-order chi connectivity index (χ1) is 10.1. The summed E-state index contributed by atoms with van der Waals surface area (Å²) >= 11 is 0. The fraction of sp³-hybridized carbons (Fsp3) is 0.105. The fourth-order valence-electron chi connectivity index (χ4n) is 2.56. The molecule has 0 saturated heterocycles. The number of carbonyl (C=O) groups is 1. The minimum absolute atomic E-state index is 0.136. The van der Waals surface area contributed by atoms with Gasteiger partial charge in [0.1, 0.15) is 5.82 Å². The van der Waals surface area contributed by atoms with Gasteiger partial charge in [-0.1, -0.05) is 48.5 Å². The molecule has 0 aromatic heterocycles. The van der Waals surface area contributed by atoms with Crippen LogP contribution in [0.2, 0.25) is 0 Å². The van der Waals surface area contributed by atoms with E-state index in [4.69, 9.17) is 0 Å². The van der Waals surface area contributed by atoms with Gasteiger partial charge in [0.25, 0.3) is 0 Å². The molecule has 21 heavy (non-hydrogen) atoms. The monoisotopic (exact) mass is 278 g/mol. The molecule has 104 valence electrons. The van der Waals surface area contributed by atoms with E-state index in [9.17, 15) is 9.18 Å². The minimum Gasteiger partial charge on any atom is -0.289 e. The Hall–Kier alpha value is -2.48. The van der Waals surface area contributed by atoms with Gasteiger partial charge in [-0.2, -0.15) is 0 Å². The topological polar surface area (TPSA) is 17.1 Å². The second-order valence-corrected chi connectivity index (χ2v) is 5.27. The van der Waals surface area contributed by atoms with Crippen molar-refractivity contribution in [1.82, 2.24) is 0 Å². The first-order valence-corrected chi connectivity index (χ1v) is 6.87. The SMILES string of the molecule is Cc1ccc(C(=O)c2c(C)ccc3ccccc23)cc1F. The standard InChI is InChI=1S/C19H15FO/c1-12-7-10-15(11-17(12)20)19(21)18-13(2)8-9-14-5-3-4-6-16(14)18/h3-11H,1-2H3. The van der Waals surface area contributed by atoms with Crippen LogP contribution in [0.25, 0.3) is 10.8 Å². The second kappa shape index (κ2) is 5.13. The molecule has 0 radical (unpaired) electrons. The molecule has 2 heteroatoms. The molecule has 3 aromatic rings. The summed E-state index contributed by atoms with van der Waals surface area (Å²) in [7, 11) is 0. The summed E-state index contributed by atoms with van der Waals surface area (Å²) in [5.74, 6) is -0.484. The smallest absolute Gasteiger partial charge is 0.194 e. The molecule has 0 spiro atoms. The van der Waals surface area contributed by atoms with Gasteiger partial charge in [0.15, 0.2) is 5.78 Å². The third-order valence-corrected chi connectivity index (χ3v) is 3.80. The van der Waals surface area contributed by atoms with Crippen molar-refractivity contribution in [1.29, 1.82) is 0 Å². The van der Waals surface area contributed by atoms with Crippen molar-refractivity contribution < 1.29 is 9.18 Å². The van der Waals surface area contributed by atoms with Crippen LogP contribution < -0.4 is 0 Å². The van der Waals surface area contributed by atoms with Gasteiger partial charge in [-0.05, 0) is 41.8 Å². The Labute approximate surface area is 123 Å². The van der Waals surface area contributed by atoms with Crippen molar-refractivity contribution in [2.24, 2.45) is 0 Å². The van der Waals surface area contributed by atoms with Crippen molar-refractivity contribution in [2.45, 2.75) is 13.8 Å². The Morgan fingerprint density at radius 2 is 1.62 bits per heavy atom. The fourth-order valence-corrected chi connectivity index (χ4v) is 2.56. The van der Waals surface area contributed by atoms with Crippen molar-refractivity contribution >= 4 is 16.6 Å². The maximum Gasteiger partial charge on any atom is 0.194 e. The summed E-state index contributed by atoms with van der Waals surface area (Å²) in [6.07, 6.45) is 0. The normalized spacial score (nSPS) is 10.8. The summed E-state index contributed by atoms with van der Waals surface area (Å²) in [6.45, 7) is 3.59. The van der Waals surface area contributed by atoms with Crippen molar-refractivity contribution in [3.63, 3.8) is 0 Å². The van der Waals surface area contributed by atoms with E-state index in [1.54, 1.807) is 19.1 Å². The molecule has 0 amide bonds. The highest BCUT2D eigenvalue weighted by atomic mass is 19.1. The van der Waals surface area contributed by atoms with Gasteiger partial charge in [0, 0.05) is 11.1 Å². The van der Waals surface area contributed by atoms with Crippen LogP contribution >= 0.6 is 0 Å². The van der Waals surface area contributed by atoms with Gasteiger partial charge in [0.2, 0.25) is 0 Å². The Morgan fingerprint density at radius 3 is 2.38 bits per heavy atom. The summed E-state index contributed by atoms with van der Waals surface area (Å²) in [5, 5.41) is 1.92. The molecule has 0 aliphatic rings. The Kier molecular flexibility index (Phi) is 3.30. The molecule has 0 unspecified atom stereocenters. The lowest BCUT2D eigenvalue weighted by molar-refractivity contribution is 0.103. The molecule has 0 fully saturated rings. The van der Waals surface area contributed by atoms with Gasteiger partial charge < -0.3 is 0 Å². The molecule has 0 saturated carbocycles. The van der Waals surface area contributed by atoms with Crippen LogP contribution in [0.5, 0.6) is 0 Å². The lowest BCUT2D eigenvalue weighted by atomic mass is 9.93. The van der Waals surface area contributed by atoms with Crippen LogP contribution in [0.15, 0.2) is 54.6 Å². The van der Waals surface area contributed by atoms with E-state index in [1.807, 2.05) is 43.3 Å². The predicted molar refractivity (Wildman–Crippen MR) is 83.3 cm³/mol. The van der Waals surface area contributed by atoms with E-state index < -0.39 is 0 Å². The lowest BCUT2D eigenvalue weighted by Crippen LogP contribution is -2.05. The van der Waals surface area contributed by atoms with Crippen LogP contribution in [0.4, 0.5) is 4.39 Å². The number of rotatable bonds is 2. The zero-order valence-corrected chi connectivity index (χ0v) is 12.0. The Bertz CT molecular complexity index is 849. The number of fused-ring (bicyclic) bond motifs is 1. The molecular weight excluding hydrogens is 263 g/mol. The van der Waals surface area contributed by atoms with Crippen molar-refractivity contribution in [3.05, 3.63) is 82.7 Å². The van der Waals surface area contributed by atoms with Gasteiger partial charge >= 0.3 is 0 Å². The number of benzene rings is 3. The number of aryl methyl sites for hydroxylation is 2. The summed E-state index contributed by atoms with van der Waals surface area (Å²) in [5.41, 5.74) is 2.48. The second-order valence-electron chi connectivity index (χ2n) is 5.27. The van der Waals surface area contributed by atoms with E-state index >= 15 is 0 Å². The first kappa shape index (κ1) is 13.5. The van der Waals surface area contributed by atoms with Gasteiger partial charge in [0.05, 0.1) is 0 Å². The van der Waals surface area contributed by atoms with Crippen LogP contribution in [-0.4, -0.2) is 5.78 Å². The molecular formula is C19H15FO. The quantitative estimate of drug-likeness (QED) is 0.614. The third kappa shape index (κ3) is 2.33. The largest absolute Gasteiger partial charge is 0.289 e. The summed E-state index contributed by atoms with van der Waals surface area (Å²) < 4.78 is 13.7. The Balaban J connectivity index is 2.21. The third-order valence-electron chi connectivity index (χ3n) is 3.80. The predicted octanol–water partition coefficient (Wildman–Crippen LogP) is 4.83. The molecule has 3 aromatic carbocycles. The summed E-state index contributed by atoms with van der Waals surface area (Å²) in [4.78, 5) is 12.8. The number of hydrogen-bond donors (Lipinski definition) is 0. The summed E-state index contributed by atoms with van der Waals surface area (Å²) in [6, 6.07) is 16.3. The maximum absolute atomic E-state index is 13.7. The van der Waals surface area contributed by atoms with Crippen LogP contribution in [0, 0.1) is 19.7 Å². The van der Waals surface area contributed by atoms with Crippen molar-refractivity contribution in [3.8, 4) is 0 Å². The zero-order valence-electron chi connectivity index (χ0n) is 12.0. The van der Waals surface area contributed by atoms with E-state index in [1.165, 1.54) is 6.07 Å². The zero-order chi connectivity index (χ0) is 15.0. The Morgan fingerprint density at radius 1 is 0.905 bits per heavy atom. The molecule has 3 rings (SSSR count). The molecule has 0 bridgehead atoms. The van der Waals surface area contributed by atoms with E-state index in [2.05, 4.69) is 0 Å². The van der Waals surface area contributed by atoms with E-state index in [-0.39, 0.29) is 11.6 Å². The highest BCUT2D eigenvalue weighted by Gasteiger charge is 2.16. The number of hydrogen-bond acceptors (Lipinski definition) is 1. The van der Waals surface area contributed by atoms with E-state index in [0.717, 1.165) is 16.3 Å². The highest BCUT2D eigenvalue weighted by molar-refractivity contribution is 6.17.